The molecule has 1 amide bonds. The molecule has 0 saturated carbocycles. The molecule has 0 aliphatic carbocycles. The number of rotatable bonds is 12. The summed E-state index contributed by atoms with van der Waals surface area (Å²) in [7, 11) is -3.54. The molecule has 0 fully saturated rings. The summed E-state index contributed by atoms with van der Waals surface area (Å²) >= 11 is 1.42. The monoisotopic (exact) mass is 489 g/mol. The third-order valence-corrected chi connectivity index (χ3v) is 8.19. The summed E-state index contributed by atoms with van der Waals surface area (Å²) < 4.78 is 31.9. The SMILES string of the molecule is CCOc1ccc2nc(N(CCN(CC)CC)C(=O)CCS(=O)(=O)c3ccccc3)sc2c1. The zero-order chi connectivity index (χ0) is 23.8. The van der Waals surface area contributed by atoms with Crippen molar-refractivity contribution in [3.63, 3.8) is 0 Å². The Hall–Kier alpha value is -2.49. The van der Waals surface area contributed by atoms with Gasteiger partial charge in [-0.15, -0.1) is 0 Å². The molecule has 0 N–H and O–H groups in total. The lowest BCUT2D eigenvalue weighted by Crippen LogP contribution is -2.39. The van der Waals surface area contributed by atoms with Gasteiger partial charge in [-0.3, -0.25) is 9.69 Å². The first-order valence-corrected chi connectivity index (χ1v) is 13.7. The highest BCUT2D eigenvalue weighted by molar-refractivity contribution is 7.91. The minimum Gasteiger partial charge on any atom is -0.494 e. The number of carbonyl (C=O) groups is 1. The fraction of sp³-hybridized carbons (Fsp3) is 0.417. The van der Waals surface area contributed by atoms with Crippen LogP contribution in [0.3, 0.4) is 0 Å². The van der Waals surface area contributed by atoms with Crippen LogP contribution in [0.1, 0.15) is 27.2 Å². The van der Waals surface area contributed by atoms with E-state index in [1.54, 1.807) is 35.2 Å². The van der Waals surface area contributed by atoms with Crippen LogP contribution in [0.25, 0.3) is 10.2 Å². The van der Waals surface area contributed by atoms with E-state index in [4.69, 9.17) is 4.74 Å². The Morgan fingerprint density at radius 1 is 1.03 bits per heavy atom. The molecule has 0 saturated heterocycles. The highest BCUT2D eigenvalue weighted by Crippen LogP contribution is 2.32. The minimum absolute atomic E-state index is 0.102. The molecule has 7 nitrogen and oxygen atoms in total. The van der Waals surface area contributed by atoms with Crippen LogP contribution in [0.5, 0.6) is 5.75 Å². The van der Waals surface area contributed by atoms with Crippen molar-refractivity contribution >= 4 is 42.4 Å². The Bertz CT molecular complexity index is 1160. The molecule has 3 rings (SSSR count). The van der Waals surface area contributed by atoms with Gasteiger partial charge in [-0.1, -0.05) is 43.4 Å². The van der Waals surface area contributed by atoms with E-state index in [0.29, 0.717) is 24.8 Å². The number of benzene rings is 2. The maximum absolute atomic E-state index is 13.2. The highest BCUT2D eigenvalue weighted by atomic mass is 32.2. The van der Waals surface area contributed by atoms with Crippen LogP contribution in [0.4, 0.5) is 5.13 Å². The fourth-order valence-electron chi connectivity index (χ4n) is 3.48. The van der Waals surface area contributed by atoms with E-state index in [0.717, 1.165) is 29.1 Å². The molecule has 2 aromatic carbocycles. The van der Waals surface area contributed by atoms with E-state index in [1.807, 2.05) is 25.1 Å². The number of thiazole rings is 1. The number of amides is 1. The van der Waals surface area contributed by atoms with E-state index in [9.17, 15) is 13.2 Å². The van der Waals surface area contributed by atoms with Crippen molar-refractivity contribution in [2.75, 3.05) is 43.4 Å². The number of hydrogen-bond acceptors (Lipinski definition) is 7. The van der Waals surface area contributed by atoms with Crippen molar-refractivity contribution < 1.29 is 17.9 Å². The Morgan fingerprint density at radius 3 is 2.42 bits per heavy atom. The standard InChI is InChI=1S/C24H31N3O4S2/c1-4-26(5-2)15-16-27(23(28)14-17-33(29,30)20-10-8-7-9-11-20)24-25-21-13-12-19(31-6-3)18-22(21)32-24/h7-13,18H,4-6,14-17H2,1-3H3. The summed E-state index contributed by atoms with van der Waals surface area (Å²) in [6.07, 6.45) is -0.102. The lowest BCUT2D eigenvalue weighted by Gasteiger charge is -2.24. The first-order chi connectivity index (χ1) is 15.9. The van der Waals surface area contributed by atoms with E-state index in [2.05, 4.69) is 23.7 Å². The highest BCUT2D eigenvalue weighted by Gasteiger charge is 2.23. The van der Waals surface area contributed by atoms with Gasteiger partial charge in [0.2, 0.25) is 5.91 Å². The Labute approximate surface area is 199 Å². The number of hydrogen-bond donors (Lipinski definition) is 0. The van der Waals surface area contributed by atoms with Crippen LogP contribution in [0.15, 0.2) is 53.4 Å². The lowest BCUT2D eigenvalue weighted by molar-refractivity contribution is -0.118. The van der Waals surface area contributed by atoms with E-state index in [-0.39, 0.29) is 23.0 Å². The first kappa shape index (κ1) is 25.1. The van der Waals surface area contributed by atoms with E-state index in [1.165, 1.54) is 11.3 Å². The molecule has 0 aliphatic heterocycles. The average molecular weight is 490 g/mol. The maximum Gasteiger partial charge on any atom is 0.229 e. The van der Waals surface area contributed by atoms with Crippen molar-refractivity contribution in [3.05, 3.63) is 48.5 Å². The molecule has 0 aliphatic rings. The largest absolute Gasteiger partial charge is 0.494 e. The average Bonchev–Trinajstić information content (AvgIpc) is 3.24. The number of anilines is 1. The molecular weight excluding hydrogens is 458 g/mol. The van der Waals surface area contributed by atoms with Crippen molar-refractivity contribution in [2.24, 2.45) is 0 Å². The van der Waals surface area contributed by atoms with Crippen molar-refractivity contribution in [3.8, 4) is 5.75 Å². The number of fused-ring (bicyclic) bond motifs is 1. The van der Waals surface area contributed by atoms with Crippen LogP contribution in [-0.4, -0.2) is 62.7 Å². The van der Waals surface area contributed by atoms with Crippen molar-refractivity contribution in [1.82, 2.24) is 9.88 Å². The molecular formula is C24H31N3O4S2. The number of ether oxygens (including phenoxy) is 1. The number of aromatic nitrogens is 1. The molecule has 0 radical (unpaired) electrons. The van der Waals surface area contributed by atoms with Crippen molar-refractivity contribution in [1.29, 1.82) is 0 Å². The Morgan fingerprint density at radius 2 is 1.76 bits per heavy atom. The lowest BCUT2D eigenvalue weighted by atomic mass is 10.3. The van der Waals surface area contributed by atoms with Gasteiger partial charge in [0, 0.05) is 19.5 Å². The van der Waals surface area contributed by atoms with Crippen LogP contribution in [0, 0.1) is 0 Å². The topological polar surface area (TPSA) is 79.8 Å². The van der Waals surface area contributed by atoms with Crippen molar-refractivity contribution in [2.45, 2.75) is 32.1 Å². The van der Waals surface area contributed by atoms with Gasteiger partial charge in [0.25, 0.3) is 0 Å². The molecule has 1 aromatic heterocycles. The summed E-state index contributed by atoms with van der Waals surface area (Å²) in [6, 6.07) is 13.9. The first-order valence-electron chi connectivity index (χ1n) is 11.2. The molecule has 3 aromatic rings. The molecule has 0 bridgehead atoms. The molecule has 33 heavy (non-hydrogen) atoms. The predicted octanol–water partition coefficient (Wildman–Crippen LogP) is 4.23. The van der Waals surface area contributed by atoms with Gasteiger partial charge in [-0.2, -0.15) is 0 Å². The molecule has 0 atom stereocenters. The normalized spacial score (nSPS) is 11.8. The van der Waals surface area contributed by atoms with Crippen LogP contribution in [-0.2, 0) is 14.6 Å². The van der Waals surface area contributed by atoms with Crippen LogP contribution < -0.4 is 9.64 Å². The van der Waals surface area contributed by atoms with Gasteiger partial charge in [-0.05, 0) is 50.3 Å². The zero-order valence-corrected chi connectivity index (χ0v) is 21.0. The number of nitrogens with zero attached hydrogens (tertiary/aromatic N) is 3. The molecule has 178 valence electrons. The maximum atomic E-state index is 13.2. The van der Waals surface area contributed by atoms with Gasteiger partial charge >= 0.3 is 0 Å². The number of likely N-dealkylation sites (N-methyl/N-ethyl adjacent to an activating group) is 1. The van der Waals surface area contributed by atoms with Crippen LogP contribution in [0.2, 0.25) is 0 Å². The Kier molecular flexibility index (Phi) is 8.82. The molecule has 0 spiro atoms. The fourth-order valence-corrected chi connectivity index (χ4v) is 5.76. The smallest absolute Gasteiger partial charge is 0.229 e. The summed E-state index contributed by atoms with van der Waals surface area (Å²) in [6.45, 7) is 9.54. The predicted molar refractivity (Wildman–Crippen MR) is 134 cm³/mol. The van der Waals surface area contributed by atoms with Gasteiger partial charge in [0.15, 0.2) is 15.0 Å². The summed E-state index contributed by atoms with van der Waals surface area (Å²) in [5, 5.41) is 0.577. The summed E-state index contributed by atoms with van der Waals surface area (Å²) in [4.78, 5) is 22.0. The van der Waals surface area contributed by atoms with E-state index >= 15 is 0 Å². The summed E-state index contributed by atoms with van der Waals surface area (Å²) in [5.74, 6) is 0.276. The van der Waals surface area contributed by atoms with Gasteiger partial charge in [-0.25, -0.2) is 13.4 Å². The van der Waals surface area contributed by atoms with Gasteiger partial charge in [0.1, 0.15) is 5.75 Å². The molecule has 1 heterocycles. The Balaban J connectivity index is 1.82. The molecule has 0 unspecified atom stereocenters. The second-order valence-corrected chi connectivity index (χ2v) is 10.6. The molecule has 9 heteroatoms. The zero-order valence-electron chi connectivity index (χ0n) is 19.4. The number of carbonyl (C=O) groups excluding carboxylic acids is 1. The third-order valence-electron chi connectivity index (χ3n) is 5.41. The second-order valence-electron chi connectivity index (χ2n) is 7.51. The third kappa shape index (κ3) is 6.52. The van der Waals surface area contributed by atoms with Gasteiger partial charge in [0.05, 0.1) is 27.5 Å². The van der Waals surface area contributed by atoms with E-state index < -0.39 is 9.84 Å². The van der Waals surface area contributed by atoms with Gasteiger partial charge < -0.3 is 9.64 Å². The van der Waals surface area contributed by atoms with Crippen LogP contribution >= 0.6 is 11.3 Å². The summed E-state index contributed by atoms with van der Waals surface area (Å²) in [5.41, 5.74) is 0.788. The minimum atomic E-state index is -3.54. The quantitative estimate of drug-likeness (QED) is 0.379. The number of sulfone groups is 1. The second kappa shape index (κ2) is 11.6.